The van der Waals surface area contributed by atoms with Gasteiger partial charge >= 0.3 is 0 Å². The third-order valence-corrected chi connectivity index (χ3v) is 3.63. The molecular formula is C12H20N2O. The van der Waals surface area contributed by atoms with Gasteiger partial charge in [-0.15, -0.1) is 0 Å². The Morgan fingerprint density at radius 1 is 1.53 bits per heavy atom. The molecule has 0 aromatic heterocycles. The summed E-state index contributed by atoms with van der Waals surface area (Å²) in [7, 11) is 0. The van der Waals surface area contributed by atoms with Crippen molar-refractivity contribution in [1.82, 2.24) is 4.90 Å². The average molecular weight is 208 g/mol. The molecule has 1 fully saturated rings. The Balaban J connectivity index is 1.96. The van der Waals surface area contributed by atoms with Crippen LogP contribution in [0.25, 0.3) is 0 Å². The molecule has 1 heterocycles. The summed E-state index contributed by atoms with van der Waals surface area (Å²) in [5.41, 5.74) is 7.35. The summed E-state index contributed by atoms with van der Waals surface area (Å²) in [5.74, 6) is 0.376. The van der Waals surface area contributed by atoms with Crippen LogP contribution in [0.15, 0.2) is 11.6 Å². The molecule has 3 nitrogen and oxygen atoms in total. The summed E-state index contributed by atoms with van der Waals surface area (Å²) in [6.07, 6.45) is 6.29. The topological polar surface area (TPSA) is 46.3 Å². The minimum atomic E-state index is 0.0943. The highest BCUT2D eigenvalue weighted by molar-refractivity contribution is 5.80. The summed E-state index contributed by atoms with van der Waals surface area (Å²) in [5, 5.41) is 0. The van der Waals surface area contributed by atoms with E-state index < -0.39 is 0 Å². The molecule has 0 aromatic rings. The van der Waals surface area contributed by atoms with Gasteiger partial charge in [-0.2, -0.15) is 0 Å². The largest absolute Gasteiger partial charge is 0.338 e. The number of rotatable bonds is 1. The number of carbonyl (C=O) groups excluding carboxylic acids is 1. The number of nitrogens with zero attached hydrogens (tertiary/aromatic N) is 1. The van der Waals surface area contributed by atoms with E-state index in [1.54, 1.807) is 0 Å². The molecular weight excluding hydrogens is 188 g/mol. The average Bonchev–Trinajstić information content (AvgIpc) is 2.65. The second kappa shape index (κ2) is 4.35. The van der Waals surface area contributed by atoms with E-state index in [4.69, 9.17) is 5.73 Å². The number of hydrogen-bond donors (Lipinski definition) is 1. The van der Waals surface area contributed by atoms with Crippen molar-refractivity contribution in [2.75, 3.05) is 13.1 Å². The molecule has 0 bridgehead atoms. The predicted molar refractivity (Wildman–Crippen MR) is 60.3 cm³/mol. The minimum absolute atomic E-state index is 0.0943. The second-order valence-corrected chi connectivity index (χ2v) is 4.79. The first-order valence-corrected chi connectivity index (χ1v) is 5.88. The van der Waals surface area contributed by atoms with E-state index in [0.29, 0.717) is 0 Å². The van der Waals surface area contributed by atoms with Gasteiger partial charge in [0.25, 0.3) is 0 Å². The lowest BCUT2D eigenvalue weighted by Crippen LogP contribution is -2.43. The quantitative estimate of drug-likeness (QED) is 0.660. The smallest absolute Gasteiger partial charge is 0.227 e. The third kappa shape index (κ3) is 2.23. The van der Waals surface area contributed by atoms with Crippen LogP contribution in [0.1, 0.15) is 32.6 Å². The van der Waals surface area contributed by atoms with E-state index in [1.807, 2.05) is 4.90 Å². The van der Waals surface area contributed by atoms with Crippen molar-refractivity contribution in [3.8, 4) is 0 Å². The van der Waals surface area contributed by atoms with Gasteiger partial charge in [-0.25, -0.2) is 0 Å². The van der Waals surface area contributed by atoms with Crippen LogP contribution in [0.2, 0.25) is 0 Å². The Labute approximate surface area is 91.3 Å². The van der Waals surface area contributed by atoms with Gasteiger partial charge in [0.1, 0.15) is 0 Å². The molecule has 3 heteroatoms. The van der Waals surface area contributed by atoms with Gasteiger partial charge in [0.15, 0.2) is 0 Å². The van der Waals surface area contributed by atoms with E-state index in [9.17, 15) is 4.79 Å². The van der Waals surface area contributed by atoms with E-state index in [-0.39, 0.29) is 17.9 Å². The van der Waals surface area contributed by atoms with E-state index in [0.717, 1.165) is 38.8 Å². The Morgan fingerprint density at radius 3 is 2.87 bits per heavy atom. The van der Waals surface area contributed by atoms with Gasteiger partial charge in [-0.3, -0.25) is 4.79 Å². The zero-order valence-electron chi connectivity index (χ0n) is 9.41. The fourth-order valence-corrected chi connectivity index (χ4v) is 2.50. The number of amides is 1. The molecule has 0 radical (unpaired) electrons. The van der Waals surface area contributed by atoms with Crippen LogP contribution >= 0.6 is 0 Å². The lowest BCUT2D eigenvalue weighted by atomic mass is 10.0. The lowest BCUT2D eigenvalue weighted by molar-refractivity contribution is -0.135. The molecule has 1 saturated carbocycles. The Morgan fingerprint density at radius 2 is 2.33 bits per heavy atom. The van der Waals surface area contributed by atoms with Crippen LogP contribution in [0.3, 0.4) is 0 Å². The van der Waals surface area contributed by atoms with E-state index in [2.05, 4.69) is 13.0 Å². The Hall–Kier alpha value is -0.830. The normalized spacial score (nSPS) is 31.6. The predicted octanol–water partition coefficient (Wildman–Crippen LogP) is 1.29. The van der Waals surface area contributed by atoms with Crippen molar-refractivity contribution in [1.29, 1.82) is 0 Å². The van der Waals surface area contributed by atoms with Gasteiger partial charge in [0.05, 0.1) is 5.92 Å². The summed E-state index contributed by atoms with van der Waals surface area (Å²) < 4.78 is 0. The van der Waals surface area contributed by atoms with Gasteiger partial charge in [-0.05, 0) is 26.2 Å². The monoisotopic (exact) mass is 208 g/mol. The van der Waals surface area contributed by atoms with Gasteiger partial charge in [-0.1, -0.05) is 18.1 Å². The molecule has 1 amide bonds. The third-order valence-electron chi connectivity index (χ3n) is 3.63. The van der Waals surface area contributed by atoms with Crippen LogP contribution < -0.4 is 5.73 Å². The molecule has 2 atom stereocenters. The molecule has 0 spiro atoms. The van der Waals surface area contributed by atoms with E-state index in [1.165, 1.54) is 5.57 Å². The summed E-state index contributed by atoms with van der Waals surface area (Å²) >= 11 is 0. The number of hydrogen-bond acceptors (Lipinski definition) is 2. The van der Waals surface area contributed by atoms with Crippen LogP contribution in [-0.4, -0.2) is 29.9 Å². The lowest BCUT2D eigenvalue weighted by Gasteiger charge is -2.29. The first-order valence-electron chi connectivity index (χ1n) is 5.88. The highest BCUT2D eigenvalue weighted by Crippen LogP contribution is 2.26. The maximum Gasteiger partial charge on any atom is 0.227 e. The zero-order chi connectivity index (χ0) is 10.8. The van der Waals surface area contributed by atoms with Gasteiger partial charge in [0, 0.05) is 19.1 Å². The molecule has 2 unspecified atom stereocenters. The molecule has 2 rings (SSSR count). The zero-order valence-corrected chi connectivity index (χ0v) is 9.41. The summed E-state index contributed by atoms with van der Waals surface area (Å²) in [6.45, 7) is 3.79. The van der Waals surface area contributed by atoms with Crippen molar-refractivity contribution in [3.63, 3.8) is 0 Å². The maximum absolute atomic E-state index is 12.1. The van der Waals surface area contributed by atoms with Crippen molar-refractivity contribution in [3.05, 3.63) is 11.6 Å². The fraction of sp³-hybridized carbons (Fsp3) is 0.750. The SMILES string of the molecule is CC1=CCN(C(=O)C2CCCC2N)CC1. The Bertz CT molecular complexity index is 285. The second-order valence-electron chi connectivity index (χ2n) is 4.79. The van der Waals surface area contributed by atoms with Crippen molar-refractivity contribution in [2.45, 2.75) is 38.6 Å². The van der Waals surface area contributed by atoms with Crippen LogP contribution in [0.5, 0.6) is 0 Å². The first-order chi connectivity index (χ1) is 7.18. The number of nitrogens with two attached hydrogens (primary N) is 1. The molecule has 2 N–H and O–H groups in total. The fourth-order valence-electron chi connectivity index (χ4n) is 2.50. The van der Waals surface area contributed by atoms with Crippen LogP contribution in [-0.2, 0) is 4.79 Å². The standard InChI is InChI=1S/C12H20N2O/c1-9-5-7-14(8-6-9)12(15)10-3-2-4-11(10)13/h5,10-11H,2-4,6-8,13H2,1H3. The molecule has 15 heavy (non-hydrogen) atoms. The van der Waals surface area contributed by atoms with Crippen molar-refractivity contribution < 1.29 is 4.79 Å². The molecule has 1 aliphatic carbocycles. The van der Waals surface area contributed by atoms with Gasteiger partial charge in [0.2, 0.25) is 5.91 Å². The Kier molecular flexibility index (Phi) is 3.10. The van der Waals surface area contributed by atoms with Crippen molar-refractivity contribution >= 4 is 5.91 Å². The summed E-state index contributed by atoms with van der Waals surface area (Å²) in [6, 6.07) is 0.101. The van der Waals surface area contributed by atoms with Crippen molar-refractivity contribution in [2.24, 2.45) is 11.7 Å². The van der Waals surface area contributed by atoms with Gasteiger partial charge < -0.3 is 10.6 Å². The molecule has 2 aliphatic rings. The first kappa shape index (κ1) is 10.7. The molecule has 0 aromatic carbocycles. The maximum atomic E-state index is 12.1. The van der Waals surface area contributed by atoms with Crippen LogP contribution in [0.4, 0.5) is 0 Å². The molecule has 0 saturated heterocycles. The van der Waals surface area contributed by atoms with Crippen LogP contribution in [0, 0.1) is 5.92 Å². The highest BCUT2D eigenvalue weighted by atomic mass is 16.2. The summed E-state index contributed by atoms with van der Waals surface area (Å²) in [4.78, 5) is 14.1. The van der Waals surface area contributed by atoms with E-state index >= 15 is 0 Å². The number of carbonyl (C=O) groups is 1. The molecule has 84 valence electrons. The molecule has 1 aliphatic heterocycles. The highest BCUT2D eigenvalue weighted by Gasteiger charge is 2.33. The minimum Gasteiger partial charge on any atom is -0.338 e.